The summed E-state index contributed by atoms with van der Waals surface area (Å²) in [5, 5.41) is 0.783. The molecule has 2 heterocycles. The van der Waals surface area contributed by atoms with E-state index >= 15 is 0 Å². The van der Waals surface area contributed by atoms with Gasteiger partial charge in [0, 0.05) is 42.2 Å². The van der Waals surface area contributed by atoms with Crippen LogP contribution in [0.3, 0.4) is 0 Å². The fourth-order valence-corrected chi connectivity index (χ4v) is 4.74. The average Bonchev–Trinajstić information content (AvgIpc) is 2.72. The van der Waals surface area contributed by atoms with Crippen molar-refractivity contribution in [3.8, 4) is 0 Å². The molecular weight excluding hydrogens is 230 g/mol. The maximum Gasteiger partial charge on any atom is 0.0432 e. The SMILES string of the molecule is CC1CC(CN)(N2CCC(N(C)C)CC2)CS1. The molecule has 0 aromatic heterocycles. The van der Waals surface area contributed by atoms with Crippen LogP contribution >= 0.6 is 11.8 Å². The van der Waals surface area contributed by atoms with Crippen molar-refractivity contribution in [2.45, 2.75) is 43.0 Å². The Balaban J connectivity index is 1.95. The number of nitrogens with zero attached hydrogens (tertiary/aromatic N) is 2. The summed E-state index contributed by atoms with van der Waals surface area (Å²) < 4.78 is 0. The van der Waals surface area contributed by atoms with Crippen LogP contribution in [-0.4, -0.2) is 66.1 Å². The van der Waals surface area contributed by atoms with Crippen molar-refractivity contribution in [2.24, 2.45) is 5.73 Å². The highest BCUT2D eigenvalue weighted by molar-refractivity contribution is 8.00. The van der Waals surface area contributed by atoms with Crippen LogP contribution in [-0.2, 0) is 0 Å². The van der Waals surface area contributed by atoms with E-state index in [-0.39, 0.29) is 0 Å². The van der Waals surface area contributed by atoms with Crippen molar-refractivity contribution in [3.05, 3.63) is 0 Å². The number of rotatable bonds is 3. The monoisotopic (exact) mass is 257 g/mol. The Morgan fingerprint density at radius 2 is 2.00 bits per heavy atom. The van der Waals surface area contributed by atoms with E-state index < -0.39 is 0 Å². The molecule has 3 nitrogen and oxygen atoms in total. The van der Waals surface area contributed by atoms with Gasteiger partial charge in [0.2, 0.25) is 0 Å². The zero-order valence-corrected chi connectivity index (χ0v) is 12.3. The summed E-state index contributed by atoms with van der Waals surface area (Å²) in [5.74, 6) is 1.23. The van der Waals surface area contributed by atoms with Gasteiger partial charge in [0.1, 0.15) is 0 Å². The van der Waals surface area contributed by atoms with E-state index in [0.29, 0.717) is 5.54 Å². The summed E-state index contributed by atoms with van der Waals surface area (Å²) in [7, 11) is 4.40. The lowest BCUT2D eigenvalue weighted by Crippen LogP contribution is -2.58. The van der Waals surface area contributed by atoms with Crippen LogP contribution in [0.5, 0.6) is 0 Å². The number of hydrogen-bond donors (Lipinski definition) is 1. The minimum Gasteiger partial charge on any atom is -0.329 e. The predicted molar refractivity (Wildman–Crippen MR) is 76.6 cm³/mol. The fraction of sp³-hybridized carbons (Fsp3) is 1.00. The quantitative estimate of drug-likeness (QED) is 0.824. The second-order valence-corrected chi connectivity index (χ2v) is 7.36. The summed E-state index contributed by atoms with van der Waals surface area (Å²) in [4.78, 5) is 5.06. The summed E-state index contributed by atoms with van der Waals surface area (Å²) in [5.41, 5.74) is 6.40. The van der Waals surface area contributed by atoms with Crippen molar-refractivity contribution >= 4 is 11.8 Å². The highest BCUT2D eigenvalue weighted by Gasteiger charge is 2.43. The van der Waals surface area contributed by atoms with E-state index in [0.717, 1.165) is 17.8 Å². The number of nitrogens with two attached hydrogens (primary N) is 1. The maximum absolute atomic E-state index is 6.09. The molecule has 0 radical (unpaired) electrons. The Kier molecular flexibility index (Phi) is 4.40. The third-order valence-electron chi connectivity index (χ3n) is 4.55. The van der Waals surface area contributed by atoms with Crippen molar-refractivity contribution in [3.63, 3.8) is 0 Å². The molecule has 0 bridgehead atoms. The van der Waals surface area contributed by atoms with Gasteiger partial charge < -0.3 is 10.6 Å². The first-order valence-electron chi connectivity index (χ1n) is 6.80. The van der Waals surface area contributed by atoms with Crippen molar-refractivity contribution in [1.29, 1.82) is 0 Å². The van der Waals surface area contributed by atoms with Crippen LogP contribution in [0.4, 0.5) is 0 Å². The topological polar surface area (TPSA) is 32.5 Å². The lowest BCUT2D eigenvalue weighted by Gasteiger charge is -2.45. The molecular formula is C13H27N3S. The maximum atomic E-state index is 6.09. The molecule has 0 spiro atoms. The molecule has 0 aromatic carbocycles. The van der Waals surface area contributed by atoms with E-state index in [1.54, 1.807) is 0 Å². The van der Waals surface area contributed by atoms with Gasteiger partial charge in [-0.1, -0.05) is 6.92 Å². The number of thioether (sulfide) groups is 1. The number of hydrogen-bond acceptors (Lipinski definition) is 4. The van der Waals surface area contributed by atoms with Gasteiger partial charge in [0.05, 0.1) is 0 Å². The predicted octanol–water partition coefficient (Wildman–Crippen LogP) is 1.24. The van der Waals surface area contributed by atoms with E-state index in [4.69, 9.17) is 5.73 Å². The van der Waals surface area contributed by atoms with E-state index in [1.807, 2.05) is 0 Å². The minimum absolute atomic E-state index is 0.307. The van der Waals surface area contributed by atoms with Crippen LogP contribution in [0.15, 0.2) is 0 Å². The van der Waals surface area contributed by atoms with Gasteiger partial charge >= 0.3 is 0 Å². The third-order valence-corrected chi connectivity index (χ3v) is 5.99. The number of piperidine rings is 1. The van der Waals surface area contributed by atoms with Crippen LogP contribution in [0.1, 0.15) is 26.2 Å². The molecule has 2 rings (SSSR count). The Labute approximate surface area is 110 Å². The first-order chi connectivity index (χ1) is 8.07. The zero-order valence-electron chi connectivity index (χ0n) is 11.5. The normalized spacial score (nSPS) is 36.9. The van der Waals surface area contributed by atoms with Gasteiger partial charge in [-0.3, -0.25) is 4.90 Å². The van der Waals surface area contributed by atoms with Crippen LogP contribution in [0.25, 0.3) is 0 Å². The highest BCUT2D eigenvalue weighted by atomic mass is 32.2. The first kappa shape index (κ1) is 13.7. The molecule has 0 saturated carbocycles. The zero-order chi connectivity index (χ0) is 12.5. The summed E-state index contributed by atoms with van der Waals surface area (Å²) in [6.07, 6.45) is 3.88. The highest BCUT2D eigenvalue weighted by Crippen LogP contribution is 2.39. The molecule has 17 heavy (non-hydrogen) atoms. The summed E-state index contributed by atoms with van der Waals surface area (Å²) in [6.45, 7) is 5.63. The van der Waals surface area contributed by atoms with E-state index in [1.165, 1.54) is 38.1 Å². The molecule has 2 atom stereocenters. The first-order valence-corrected chi connectivity index (χ1v) is 7.85. The van der Waals surface area contributed by atoms with Crippen molar-refractivity contribution in [1.82, 2.24) is 9.80 Å². The van der Waals surface area contributed by atoms with Gasteiger partial charge in [0.25, 0.3) is 0 Å². The third kappa shape index (κ3) is 2.80. The molecule has 2 unspecified atom stereocenters. The molecule has 2 N–H and O–H groups in total. The molecule has 0 amide bonds. The van der Waals surface area contributed by atoms with Crippen molar-refractivity contribution < 1.29 is 0 Å². The van der Waals surface area contributed by atoms with E-state index in [2.05, 4.69) is 42.6 Å². The molecule has 100 valence electrons. The lowest BCUT2D eigenvalue weighted by atomic mass is 9.90. The minimum atomic E-state index is 0.307. The smallest absolute Gasteiger partial charge is 0.0432 e. The largest absolute Gasteiger partial charge is 0.329 e. The van der Waals surface area contributed by atoms with Gasteiger partial charge in [0.15, 0.2) is 0 Å². The summed E-state index contributed by atoms with van der Waals surface area (Å²) >= 11 is 2.10. The van der Waals surface area contributed by atoms with E-state index in [9.17, 15) is 0 Å². The van der Waals surface area contributed by atoms with Gasteiger partial charge in [-0.2, -0.15) is 11.8 Å². The molecule has 2 saturated heterocycles. The lowest BCUT2D eigenvalue weighted by molar-refractivity contribution is 0.0580. The van der Waals surface area contributed by atoms with Crippen molar-refractivity contribution in [2.75, 3.05) is 39.5 Å². The molecule has 4 heteroatoms. The molecule has 2 aliphatic heterocycles. The number of likely N-dealkylation sites (tertiary alicyclic amines) is 1. The Bertz CT molecular complexity index is 251. The van der Waals surface area contributed by atoms with Gasteiger partial charge in [-0.05, 0) is 33.4 Å². The molecule has 2 aliphatic rings. The molecule has 0 aromatic rings. The standard InChI is InChI=1S/C13H27N3S/c1-11-8-13(9-14,10-17-11)16-6-4-12(5-7-16)15(2)3/h11-12H,4-10,14H2,1-3H3. The second-order valence-electron chi connectivity index (χ2n) is 5.94. The fourth-order valence-electron chi connectivity index (χ4n) is 3.30. The van der Waals surface area contributed by atoms with Gasteiger partial charge in [-0.25, -0.2) is 0 Å². The van der Waals surface area contributed by atoms with Crippen LogP contribution < -0.4 is 5.73 Å². The Morgan fingerprint density at radius 1 is 1.35 bits per heavy atom. The average molecular weight is 257 g/mol. The van der Waals surface area contributed by atoms with Crippen LogP contribution in [0.2, 0.25) is 0 Å². The Hall–Kier alpha value is 0.230. The van der Waals surface area contributed by atoms with Gasteiger partial charge in [-0.15, -0.1) is 0 Å². The second kappa shape index (κ2) is 5.47. The molecule has 2 fully saturated rings. The summed E-state index contributed by atoms with van der Waals surface area (Å²) in [6, 6.07) is 0.771. The Morgan fingerprint density at radius 3 is 2.41 bits per heavy atom. The molecule has 0 aliphatic carbocycles. The van der Waals surface area contributed by atoms with Crippen LogP contribution in [0, 0.1) is 0 Å².